The second-order valence-corrected chi connectivity index (χ2v) is 3.21. The van der Waals surface area contributed by atoms with E-state index in [0.29, 0.717) is 4.47 Å². The zero-order valence-corrected chi connectivity index (χ0v) is 7.89. The van der Waals surface area contributed by atoms with E-state index in [1.54, 1.807) is 6.07 Å². The summed E-state index contributed by atoms with van der Waals surface area (Å²) in [5, 5.41) is 0. The summed E-state index contributed by atoms with van der Waals surface area (Å²) in [5.74, 6) is 0.397. The van der Waals surface area contributed by atoms with Gasteiger partial charge in [0.2, 0.25) is 0 Å². The molecule has 0 aliphatic carbocycles. The van der Waals surface area contributed by atoms with Crippen LogP contribution in [0.1, 0.15) is 0 Å². The summed E-state index contributed by atoms with van der Waals surface area (Å²) in [6.07, 6.45) is 1.19. The van der Waals surface area contributed by atoms with Crippen molar-refractivity contribution >= 4 is 21.7 Å². The van der Waals surface area contributed by atoms with E-state index < -0.39 is 0 Å². The molecule has 2 nitrogen and oxygen atoms in total. The van der Waals surface area contributed by atoms with Crippen molar-refractivity contribution < 1.29 is 4.39 Å². The first-order chi connectivity index (χ1) is 5.11. The van der Waals surface area contributed by atoms with Gasteiger partial charge in [-0.25, -0.2) is 9.37 Å². The highest BCUT2D eigenvalue weighted by Crippen LogP contribution is 2.18. The van der Waals surface area contributed by atoms with E-state index in [1.807, 2.05) is 19.0 Å². The summed E-state index contributed by atoms with van der Waals surface area (Å²) < 4.78 is 13.1. The fourth-order valence-electron chi connectivity index (χ4n) is 0.649. The SMILES string of the molecule is CN(C)c1cc(Br)c(F)cn1. The van der Waals surface area contributed by atoms with Gasteiger partial charge in [-0.3, -0.25) is 0 Å². The summed E-state index contributed by atoms with van der Waals surface area (Å²) in [6, 6.07) is 1.63. The molecule has 0 spiro atoms. The minimum atomic E-state index is -0.337. The molecule has 1 rings (SSSR count). The van der Waals surface area contributed by atoms with Gasteiger partial charge in [0.05, 0.1) is 10.7 Å². The molecule has 0 saturated carbocycles. The van der Waals surface area contributed by atoms with Crippen LogP contribution in [0.4, 0.5) is 10.2 Å². The van der Waals surface area contributed by atoms with Crippen molar-refractivity contribution in [1.82, 2.24) is 4.98 Å². The Morgan fingerprint density at radius 1 is 1.55 bits per heavy atom. The number of hydrogen-bond donors (Lipinski definition) is 0. The minimum Gasteiger partial charge on any atom is -0.363 e. The molecule has 1 aromatic rings. The summed E-state index contributed by atoms with van der Waals surface area (Å²) in [6.45, 7) is 0. The van der Waals surface area contributed by atoms with Gasteiger partial charge in [0.1, 0.15) is 5.82 Å². The van der Waals surface area contributed by atoms with Crippen LogP contribution in [0.15, 0.2) is 16.7 Å². The van der Waals surface area contributed by atoms with Gasteiger partial charge in [-0.2, -0.15) is 0 Å². The van der Waals surface area contributed by atoms with Gasteiger partial charge in [-0.1, -0.05) is 0 Å². The summed E-state index contributed by atoms with van der Waals surface area (Å²) >= 11 is 3.07. The molecule has 0 aliphatic heterocycles. The molecule has 0 N–H and O–H groups in total. The summed E-state index contributed by atoms with van der Waals surface area (Å²) in [4.78, 5) is 5.67. The Bertz CT molecular complexity index is 263. The lowest BCUT2D eigenvalue weighted by atomic mass is 10.4. The molecule has 0 aromatic carbocycles. The van der Waals surface area contributed by atoms with Crippen LogP contribution < -0.4 is 4.90 Å². The van der Waals surface area contributed by atoms with Crippen LogP contribution in [0.3, 0.4) is 0 Å². The Balaban J connectivity index is 3.05. The molecule has 0 radical (unpaired) electrons. The molecular formula is C7H8BrFN2. The van der Waals surface area contributed by atoms with Crippen molar-refractivity contribution in [1.29, 1.82) is 0 Å². The van der Waals surface area contributed by atoms with Gasteiger partial charge in [-0.05, 0) is 22.0 Å². The Hall–Kier alpha value is -0.640. The highest BCUT2D eigenvalue weighted by molar-refractivity contribution is 9.10. The fourth-order valence-corrected chi connectivity index (χ4v) is 0.956. The van der Waals surface area contributed by atoms with E-state index in [2.05, 4.69) is 20.9 Å². The highest BCUT2D eigenvalue weighted by Gasteiger charge is 2.01. The lowest BCUT2D eigenvalue weighted by Crippen LogP contribution is -2.10. The highest BCUT2D eigenvalue weighted by atomic mass is 79.9. The number of halogens is 2. The third-order valence-electron chi connectivity index (χ3n) is 1.25. The number of anilines is 1. The first kappa shape index (κ1) is 8.46. The first-order valence-corrected chi connectivity index (χ1v) is 3.89. The van der Waals surface area contributed by atoms with Gasteiger partial charge in [0.15, 0.2) is 5.82 Å². The van der Waals surface area contributed by atoms with Crippen molar-refractivity contribution in [3.05, 3.63) is 22.6 Å². The zero-order valence-electron chi connectivity index (χ0n) is 6.31. The molecule has 0 fully saturated rings. The minimum absolute atomic E-state index is 0.337. The molecule has 0 unspecified atom stereocenters. The number of hydrogen-bond acceptors (Lipinski definition) is 2. The quantitative estimate of drug-likeness (QED) is 0.718. The van der Waals surface area contributed by atoms with E-state index in [9.17, 15) is 4.39 Å². The van der Waals surface area contributed by atoms with E-state index in [0.717, 1.165) is 5.82 Å². The average molecular weight is 219 g/mol. The maximum atomic E-state index is 12.6. The standard InChI is InChI=1S/C7H8BrFN2/c1-11(2)7-3-5(8)6(9)4-10-7/h3-4H,1-2H3. The topological polar surface area (TPSA) is 16.1 Å². The number of nitrogens with zero attached hydrogens (tertiary/aromatic N) is 2. The average Bonchev–Trinajstić information content (AvgIpc) is 1.94. The zero-order chi connectivity index (χ0) is 8.43. The van der Waals surface area contributed by atoms with E-state index >= 15 is 0 Å². The Morgan fingerprint density at radius 2 is 2.18 bits per heavy atom. The number of pyridine rings is 1. The Kier molecular flexibility index (Phi) is 2.44. The van der Waals surface area contributed by atoms with Crippen LogP contribution in [0.5, 0.6) is 0 Å². The van der Waals surface area contributed by atoms with Crippen LogP contribution in [-0.2, 0) is 0 Å². The third-order valence-corrected chi connectivity index (χ3v) is 1.86. The van der Waals surface area contributed by atoms with E-state index in [1.165, 1.54) is 6.20 Å². The van der Waals surface area contributed by atoms with Crippen LogP contribution in [0, 0.1) is 5.82 Å². The van der Waals surface area contributed by atoms with Gasteiger partial charge in [0, 0.05) is 14.1 Å². The third kappa shape index (κ3) is 1.89. The van der Waals surface area contributed by atoms with Crippen LogP contribution in [-0.4, -0.2) is 19.1 Å². The molecule has 1 heterocycles. The van der Waals surface area contributed by atoms with Gasteiger partial charge < -0.3 is 4.90 Å². The lowest BCUT2D eigenvalue weighted by Gasteiger charge is -2.10. The molecule has 0 amide bonds. The van der Waals surface area contributed by atoms with E-state index in [4.69, 9.17) is 0 Å². The maximum Gasteiger partial charge on any atom is 0.155 e. The fraction of sp³-hybridized carbons (Fsp3) is 0.286. The summed E-state index contributed by atoms with van der Waals surface area (Å²) in [5.41, 5.74) is 0. The second kappa shape index (κ2) is 3.17. The predicted molar refractivity (Wildman–Crippen MR) is 46.2 cm³/mol. The van der Waals surface area contributed by atoms with Crippen molar-refractivity contribution in [2.75, 3.05) is 19.0 Å². The molecule has 4 heteroatoms. The van der Waals surface area contributed by atoms with Crippen molar-refractivity contribution in [2.45, 2.75) is 0 Å². The van der Waals surface area contributed by atoms with Crippen LogP contribution >= 0.6 is 15.9 Å². The lowest BCUT2D eigenvalue weighted by molar-refractivity contribution is 0.614. The number of aromatic nitrogens is 1. The van der Waals surface area contributed by atoms with Gasteiger partial charge in [-0.15, -0.1) is 0 Å². The maximum absolute atomic E-state index is 12.6. The first-order valence-electron chi connectivity index (χ1n) is 3.09. The van der Waals surface area contributed by atoms with Crippen molar-refractivity contribution in [2.24, 2.45) is 0 Å². The molecular weight excluding hydrogens is 211 g/mol. The van der Waals surface area contributed by atoms with Gasteiger partial charge in [0.25, 0.3) is 0 Å². The van der Waals surface area contributed by atoms with Crippen LogP contribution in [0.2, 0.25) is 0 Å². The van der Waals surface area contributed by atoms with Gasteiger partial charge >= 0.3 is 0 Å². The number of rotatable bonds is 1. The second-order valence-electron chi connectivity index (χ2n) is 2.35. The normalized spacial score (nSPS) is 9.82. The Labute approximate surface area is 73.2 Å². The molecule has 11 heavy (non-hydrogen) atoms. The summed E-state index contributed by atoms with van der Waals surface area (Å²) in [7, 11) is 3.71. The molecule has 0 bridgehead atoms. The monoisotopic (exact) mass is 218 g/mol. The molecule has 0 atom stereocenters. The Morgan fingerprint density at radius 3 is 2.64 bits per heavy atom. The van der Waals surface area contributed by atoms with Crippen LogP contribution in [0.25, 0.3) is 0 Å². The predicted octanol–water partition coefficient (Wildman–Crippen LogP) is 2.05. The smallest absolute Gasteiger partial charge is 0.155 e. The van der Waals surface area contributed by atoms with Crippen molar-refractivity contribution in [3.8, 4) is 0 Å². The largest absolute Gasteiger partial charge is 0.363 e. The van der Waals surface area contributed by atoms with Crippen molar-refractivity contribution in [3.63, 3.8) is 0 Å². The molecule has 1 aromatic heterocycles. The molecule has 60 valence electrons. The van der Waals surface area contributed by atoms with E-state index in [-0.39, 0.29) is 5.82 Å². The molecule has 0 aliphatic rings. The molecule has 0 saturated heterocycles.